The fourth-order valence-corrected chi connectivity index (χ4v) is 3.43. The van der Waals surface area contributed by atoms with Crippen LogP contribution in [-0.4, -0.2) is 33.9 Å². The summed E-state index contributed by atoms with van der Waals surface area (Å²) in [6, 6.07) is 12.0. The minimum absolute atomic E-state index is 0.0784. The Bertz CT molecular complexity index is 921. The van der Waals surface area contributed by atoms with Crippen molar-refractivity contribution in [2.45, 2.75) is 18.7 Å². The van der Waals surface area contributed by atoms with Crippen LogP contribution in [0.2, 0.25) is 0 Å². The van der Waals surface area contributed by atoms with Crippen molar-refractivity contribution in [3.8, 4) is 0 Å². The van der Waals surface area contributed by atoms with Gasteiger partial charge in [-0.3, -0.25) is 4.79 Å². The molecule has 0 heterocycles. The topological polar surface area (TPSA) is 102 Å². The molecule has 0 saturated carbocycles. The molecule has 144 valence electrons. The fourth-order valence-electron chi connectivity index (χ4n) is 2.22. The molecule has 2 N–H and O–H groups in total. The van der Waals surface area contributed by atoms with Gasteiger partial charge in [-0.25, -0.2) is 17.9 Å². The second kappa shape index (κ2) is 8.79. The zero-order chi connectivity index (χ0) is 20.0. The van der Waals surface area contributed by atoms with Gasteiger partial charge in [-0.2, -0.15) is 0 Å². The number of benzene rings is 2. The first kappa shape index (κ1) is 20.6. The van der Waals surface area contributed by atoms with Crippen molar-refractivity contribution in [3.63, 3.8) is 0 Å². The average molecular weight is 390 g/mol. The number of esters is 1. The van der Waals surface area contributed by atoms with Crippen molar-refractivity contribution in [2.24, 2.45) is 5.92 Å². The van der Waals surface area contributed by atoms with Crippen molar-refractivity contribution in [1.29, 1.82) is 0 Å². The van der Waals surface area contributed by atoms with Crippen LogP contribution in [0.25, 0.3) is 0 Å². The number of anilines is 1. The zero-order valence-electron chi connectivity index (χ0n) is 15.4. The molecule has 0 aliphatic carbocycles. The minimum Gasteiger partial charge on any atom is -0.465 e. The third-order valence-electron chi connectivity index (χ3n) is 3.69. The quantitative estimate of drug-likeness (QED) is 0.708. The second-order valence-electron chi connectivity index (χ2n) is 6.26. The number of carbonyl (C=O) groups is 2. The monoisotopic (exact) mass is 390 g/mol. The molecule has 1 amide bonds. The summed E-state index contributed by atoms with van der Waals surface area (Å²) in [5.41, 5.74) is 0.799. The maximum Gasteiger partial charge on any atom is 0.339 e. The lowest BCUT2D eigenvalue weighted by molar-refractivity contribution is 0.0602. The van der Waals surface area contributed by atoms with Crippen molar-refractivity contribution in [1.82, 2.24) is 4.72 Å². The Labute approximate surface area is 158 Å². The molecule has 2 rings (SSSR count). The van der Waals surface area contributed by atoms with E-state index in [1.165, 1.54) is 37.4 Å². The highest BCUT2D eigenvalue weighted by Gasteiger charge is 2.17. The number of methoxy groups -OCH3 is 1. The number of sulfonamides is 1. The standard InChI is InChI=1S/C19H22N2O5S/c1-13(2)12-20-27(24,25)15-10-8-14(9-11-15)18(22)21-17-7-5-4-6-16(17)19(23)26-3/h4-11,13,20H,12H2,1-3H3,(H,21,22). The molecule has 0 bridgehead atoms. The Balaban J connectivity index is 2.16. The van der Waals surface area contributed by atoms with Crippen LogP contribution in [-0.2, 0) is 14.8 Å². The van der Waals surface area contributed by atoms with E-state index in [1.54, 1.807) is 18.2 Å². The van der Waals surface area contributed by atoms with Gasteiger partial charge in [0.1, 0.15) is 0 Å². The zero-order valence-corrected chi connectivity index (χ0v) is 16.2. The highest BCUT2D eigenvalue weighted by molar-refractivity contribution is 7.89. The first-order valence-electron chi connectivity index (χ1n) is 8.33. The predicted molar refractivity (Wildman–Crippen MR) is 102 cm³/mol. The van der Waals surface area contributed by atoms with Crippen LogP contribution < -0.4 is 10.0 Å². The molecule has 0 atom stereocenters. The van der Waals surface area contributed by atoms with E-state index in [4.69, 9.17) is 4.74 Å². The van der Waals surface area contributed by atoms with Gasteiger partial charge in [0.2, 0.25) is 10.0 Å². The van der Waals surface area contributed by atoms with E-state index in [-0.39, 0.29) is 21.9 Å². The molecule has 27 heavy (non-hydrogen) atoms. The summed E-state index contributed by atoms with van der Waals surface area (Å²) in [6.45, 7) is 4.14. The lowest BCUT2D eigenvalue weighted by Gasteiger charge is -2.11. The first-order chi connectivity index (χ1) is 12.7. The van der Waals surface area contributed by atoms with E-state index < -0.39 is 21.9 Å². The summed E-state index contributed by atoms with van der Waals surface area (Å²) < 4.78 is 31.6. The molecule has 0 fully saturated rings. The van der Waals surface area contributed by atoms with E-state index in [9.17, 15) is 18.0 Å². The molecule has 0 aliphatic heterocycles. The lowest BCUT2D eigenvalue weighted by Crippen LogP contribution is -2.27. The van der Waals surface area contributed by atoms with Crippen LogP contribution >= 0.6 is 0 Å². The molecule has 0 radical (unpaired) electrons. The second-order valence-corrected chi connectivity index (χ2v) is 8.03. The van der Waals surface area contributed by atoms with Crippen LogP contribution in [0.4, 0.5) is 5.69 Å². The molecular formula is C19H22N2O5S. The van der Waals surface area contributed by atoms with Crippen LogP contribution in [0.15, 0.2) is 53.4 Å². The Hall–Kier alpha value is -2.71. The molecule has 0 unspecified atom stereocenters. The third kappa shape index (κ3) is 5.38. The van der Waals surface area contributed by atoms with Gasteiger partial charge in [0.15, 0.2) is 0 Å². The maximum absolute atomic E-state index is 12.4. The molecule has 2 aromatic carbocycles. The van der Waals surface area contributed by atoms with E-state index in [0.29, 0.717) is 12.2 Å². The van der Waals surface area contributed by atoms with E-state index in [2.05, 4.69) is 10.0 Å². The summed E-state index contributed by atoms with van der Waals surface area (Å²) in [7, 11) is -2.36. The van der Waals surface area contributed by atoms with Gasteiger partial charge in [-0.1, -0.05) is 26.0 Å². The summed E-state index contributed by atoms with van der Waals surface area (Å²) in [5, 5.41) is 2.64. The molecule has 0 spiro atoms. The van der Waals surface area contributed by atoms with Gasteiger partial charge in [-0.05, 0) is 42.3 Å². The van der Waals surface area contributed by atoms with E-state index in [1.807, 2.05) is 13.8 Å². The predicted octanol–water partition coefficient (Wildman–Crippen LogP) is 2.66. The number of hydrogen-bond acceptors (Lipinski definition) is 5. The SMILES string of the molecule is COC(=O)c1ccccc1NC(=O)c1ccc(S(=O)(=O)NCC(C)C)cc1. The van der Waals surface area contributed by atoms with Crippen molar-refractivity contribution < 1.29 is 22.7 Å². The Morgan fingerprint density at radius 3 is 2.26 bits per heavy atom. The molecular weight excluding hydrogens is 368 g/mol. The van der Waals surface area contributed by atoms with Crippen LogP contribution in [0.1, 0.15) is 34.6 Å². The largest absolute Gasteiger partial charge is 0.465 e. The fraction of sp³-hybridized carbons (Fsp3) is 0.263. The number of amides is 1. The normalized spacial score (nSPS) is 11.3. The number of ether oxygens (including phenoxy) is 1. The highest BCUT2D eigenvalue weighted by Crippen LogP contribution is 2.18. The molecule has 2 aromatic rings. The van der Waals surface area contributed by atoms with Gasteiger partial charge in [0.25, 0.3) is 5.91 Å². The summed E-state index contributed by atoms with van der Waals surface area (Å²) in [6.07, 6.45) is 0. The number of para-hydroxylation sites is 1. The van der Waals surface area contributed by atoms with Gasteiger partial charge in [0, 0.05) is 12.1 Å². The molecule has 0 aromatic heterocycles. The van der Waals surface area contributed by atoms with Gasteiger partial charge in [-0.15, -0.1) is 0 Å². The lowest BCUT2D eigenvalue weighted by atomic mass is 10.1. The van der Waals surface area contributed by atoms with Crippen molar-refractivity contribution in [3.05, 3.63) is 59.7 Å². The highest BCUT2D eigenvalue weighted by atomic mass is 32.2. The van der Waals surface area contributed by atoms with Crippen molar-refractivity contribution >= 4 is 27.6 Å². The van der Waals surface area contributed by atoms with E-state index >= 15 is 0 Å². The first-order valence-corrected chi connectivity index (χ1v) is 9.81. The molecule has 0 aliphatic rings. The van der Waals surface area contributed by atoms with Gasteiger partial charge in [0.05, 0.1) is 23.3 Å². The van der Waals surface area contributed by atoms with Crippen molar-refractivity contribution in [2.75, 3.05) is 19.0 Å². The van der Waals surface area contributed by atoms with Crippen LogP contribution in [0.5, 0.6) is 0 Å². The summed E-state index contributed by atoms with van der Waals surface area (Å²) in [5.74, 6) is -0.853. The van der Waals surface area contributed by atoms with Gasteiger partial charge >= 0.3 is 5.97 Å². The Morgan fingerprint density at radius 1 is 1.04 bits per heavy atom. The molecule has 7 nitrogen and oxygen atoms in total. The molecule has 8 heteroatoms. The van der Waals surface area contributed by atoms with E-state index in [0.717, 1.165) is 0 Å². The molecule has 0 saturated heterocycles. The summed E-state index contributed by atoms with van der Waals surface area (Å²) in [4.78, 5) is 24.3. The van der Waals surface area contributed by atoms with Crippen LogP contribution in [0, 0.1) is 5.92 Å². The Morgan fingerprint density at radius 2 is 1.67 bits per heavy atom. The minimum atomic E-state index is -3.62. The van der Waals surface area contributed by atoms with Crippen LogP contribution in [0.3, 0.4) is 0 Å². The number of carbonyl (C=O) groups excluding carboxylic acids is 2. The maximum atomic E-state index is 12.4. The smallest absolute Gasteiger partial charge is 0.339 e. The number of nitrogens with one attached hydrogen (secondary N) is 2. The number of rotatable bonds is 7. The third-order valence-corrected chi connectivity index (χ3v) is 5.13. The average Bonchev–Trinajstić information content (AvgIpc) is 2.66. The van der Waals surface area contributed by atoms with Gasteiger partial charge < -0.3 is 10.1 Å². The summed E-state index contributed by atoms with van der Waals surface area (Å²) >= 11 is 0. The number of hydrogen-bond donors (Lipinski definition) is 2. The Kier molecular flexibility index (Phi) is 6.70.